The summed E-state index contributed by atoms with van der Waals surface area (Å²) in [6.07, 6.45) is 0. The average Bonchev–Trinajstić information content (AvgIpc) is 4.11. The zero-order chi connectivity index (χ0) is 49.0. The summed E-state index contributed by atoms with van der Waals surface area (Å²) in [4.78, 5) is 16.5. The van der Waals surface area contributed by atoms with Crippen molar-refractivity contribution >= 4 is 43.6 Å². The number of benzene rings is 11. The van der Waals surface area contributed by atoms with Crippen molar-refractivity contribution in [3.05, 3.63) is 273 Å². The predicted molar refractivity (Wildman–Crippen MR) is 307 cm³/mol. The Morgan fingerprint density at radius 1 is 0.243 bits per heavy atom. The molecule has 3 aromatic heterocycles. The molecule has 0 saturated carbocycles. The van der Waals surface area contributed by atoms with Crippen LogP contribution in [0.25, 0.3) is 134 Å². The number of para-hydroxylation sites is 3. The standard InChI is InChI=1S/C69H45N5/c1-6-22-46(23-7-1)49-40-42-51(43-41-49)67-70-68(55-33-21-31-53(45-55)48-26-10-3-11-27-48)72-69(71-67)74-60-39-19-17-37-58(60)64-62(54-32-20-30-52(44-54)47-24-8-2-9-25-47)61(50-28-12-4-13-29-50)63-57-36-16-18-38-59(57)73(65(63)66(64)74)56-34-14-5-15-35-56/h1-45H. The van der Waals surface area contributed by atoms with Crippen LogP contribution in [0.5, 0.6) is 0 Å². The summed E-state index contributed by atoms with van der Waals surface area (Å²) < 4.78 is 4.77. The van der Waals surface area contributed by atoms with E-state index < -0.39 is 0 Å². The van der Waals surface area contributed by atoms with Crippen LogP contribution in [0.2, 0.25) is 0 Å². The molecule has 74 heavy (non-hydrogen) atoms. The summed E-state index contributed by atoms with van der Waals surface area (Å²) in [6, 6.07) is 97.2. The Hall–Kier alpha value is -9.97. The van der Waals surface area contributed by atoms with Crippen LogP contribution < -0.4 is 0 Å². The Balaban J connectivity index is 1.16. The Labute approximate surface area is 428 Å². The Morgan fingerprint density at radius 3 is 1.18 bits per heavy atom. The van der Waals surface area contributed by atoms with Crippen LogP contribution in [0, 0.1) is 0 Å². The number of fused-ring (bicyclic) bond motifs is 7. The lowest BCUT2D eigenvalue weighted by molar-refractivity contribution is 0.953. The molecule has 0 bridgehead atoms. The maximum atomic E-state index is 5.60. The SMILES string of the molecule is c1ccc(-c2ccc(-c3nc(-c4cccc(-c5ccccc5)c4)nc(-n4c5ccccc5c5c(-c6cccc(-c7ccccc7)c6)c(-c6ccccc6)c6c7ccccc7n(-c7ccccc7)c6c54)n3)cc2)cc1. The van der Waals surface area contributed by atoms with E-state index in [9.17, 15) is 0 Å². The van der Waals surface area contributed by atoms with Crippen LogP contribution in [0.4, 0.5) is 0 Å². The van der Waals surface area contributed by atoms with E-state index >= 15 is 0 Å². The third kappa shape index (κ3) is 7.29. The maximum absolute atomic E-state index is 5.60. The van der Waals surface area contributed by atoms with Crippen molar-refractivity contribution in [2.45, 2.75) is 0 Å². The fourth-order valence-corrected chi connectivity index (χ4v) is 11.0. The second-order valence-electron chi connectivity index (χ2n) is 18.7. The van der Waals surface area contributed by atoms with Gasteiger partial charge in [0.05, 0.1) is 22.1 Å². The molecule has 0 spiro atoms. The predicted octanol–water partition coefficient (Wildman–Crippen LogP) is 17.7. The van der Waals surface area contributed by atoms with Crippen LogP contribution in [-0.4, -0.2) is 24.1 Å². The van der Waals surface area contributed by atoms with Crippen LogP contribution in [0.15, 0.2) is 273 Å². The molecule has 346 valence electrons. The molecule has 0 N–H and O–H groups in total. The smallest absolute Gasteiger partial charge is 0.238 e. The molecule has 11 aromatic carbocycles. The fraction of sp³-hybridized carbons (Fsp3) is 0. The molecule has 0 aliphatic carbocycles. The van der Waals surface area contributed by atoms with Gasteiger partial charge < -0.3 is 4.57 Å². The van der Waals surface area contributed by atoms with Gasteiger partial charge in [0, 0.05) is 49.5 Å². The zero-order valence-electron chi connectivity index (χ0n) is 40.2. The molecular formula is C69H45N5. The molecule has 0 fully saturated rings. The van der Waals surface area contributed by atoms with E-state index in [-0.39, 0.29) is 0 Å². The third-order valence-electron chi connectivity index (χ3n) is 14.4. The largest absolute Gasteiger partial charge is 0.307 e. The molecule has 14 aromatic rings. The van der Waals surface area contributed by atoms with Gasteiger partial charge in [-0.25, -0.2) is 4.98 Å². The highest BCUT2D eigenvalue weighted by atomic mass is 15.2. The van der Waals surface area contributed by atoms with Gasteiger partial charge in [-0.2, -0.15) is 9.97 Å². The molecule has 0 saturated heterocycles. The molecule has 0 radical (unpaired) electrons. The minimum Gasteiger partial charge on any atom is -0.307 e. The topological polar surface area (TPSA) is 48.5 Å². The van der Waals surface area contributed by atoms with Gasteiger partial charge in [-0.3, -0.25) is 4.57 Å². The van der Waals surface area contributed by atoms with Crippen molar-refractivity contribution in [1.29, 1.82) is 0 Å². The number of rotatable bonds is 9. The molecule has 0 atom stereocenters. The lowest BCUT2D eigenvalue weighted by Gasteiger charge is -2.19. The molecule has 14 rings (SSSR count). The van der Waals surface area contributed by atoms with Gasteiger partial charge in [0.1, 0.15) is 0 Å². The summed E-state index contributed by atoms with van der Waals surface area (Å²) in [6.45, 7) is 0. The zero-order valence-corrected chi connectivity index (χ0v) is 40.2. The van der Waals surface area contributed by atoms with E-state index in [1.807, 2.05) is 6.07 Å². The van der Waals surface area contributed by atoms with Crippen LogP contribution in [-0.2, 0) is 0 Å². The monoisotopic (exact) mass is 943 g/mol. The second kappa shape index (κ2) is 18.0. The maximum Gasteiger partial charge on any atom is 0.238 e. The van der Waals surface area contributed by atoms with Gasteiger partial charge >= 0.3 is 0 Å². The Kier molecular flexibility index (Phi) is 10.4. The minimum atomic E-state index is 0.524. The van der Waals surface area contributed by atoms with Crippen molar-refractivity contribution in [3.8, 4) is 90.0 Å². The lowest BCUT2D eigenvalue weighted by atomic mass is 9.86. The van der Waals surface area contributed by atoms with Gasteiger partial charge in [-0.1, -0.05) is 237 Å². The fourth-order valence-electron chi connectivity index (χ4n) is 11.0. The third-order valence-corrected chi connectivity index (χ3v) is 14.4. The van der Waals surface area contributed by atoms with E-state index in [0.717, 1.165) is 110 Å². The van der Waals surface area contributed by atoms with Crippen LogP contribution >= 0.6 is 0 Å². The highest BCUT2D eigenvalue weighted by Gasteiger charge is 2.30. The highest BCUT2D eigenvalue weighted by Crippen LogP contribution is 2.52. The molecule has 5 heteroatoms. The van der Waals surface area contributed by atoms with Gasteiger partial charge in [0.15, 0.2) is 11.6 Å². The van der Waals surface area contributed by atoms with Crippen molar-refractivity contribution in [1.82, 2.24) is 24.1 Å². The number of hydrogen-bond donors (Lipinski definition) is 0. The van der Waals surface area contributed by atoms with Gasteiger partial charge in [-0.05, 0) is 80.9 Å². The number of aromatic nitrogens is 5. The molecule has 0 unspecified atom stereocenters. The summed E-state index contributed by atoms with van der Waals surface area (Å²) >= 11 is 0. The average molecular weight is 944 g/mol. The van der Waals surface area contributed by atoms with E-state index in [2.05, 4.69) is 276 Å². The summed E-state index contributed by atoms with van der Waals surface area (Å²) in [7, 11) is 0. The minimum absolute atomic E-state index is 0.524. The van der Waals surface area contributed by atoms with Crippen molar-refractivity contribution < 1.29 is 0 Å². The van der Waals surface area contributed by atoms with E-state index in [4.69, 9.17) is 15.0 Å². The molecule has 0 aliphatic rings. The quantitative estimate of drug-likeness (QED) is 0.145. The van der Waals surface area contributed by atoms with Gasteiger partial charge in [0.2, 0.25) is 5.95 Å². The first kappa shape index (κ1) is 42.9. The molecule has 0 aliphatic heterocycles. The van der Waals surface area contributed by atoms with Crippen LogP contribution in [0.1, 0.15) is 0 Å². The normalized spacial score (nSPS) is 11.5. The lowest BCUT2D eigenvalue weighted by Crippen LogP contribution is -2.07. The van der Waals surface area contributed by atoms with Gasteiger partial charge in [0.25, 0.3) is 0 Å². The molecule has 3 heterocycles. The molecular weight excluding hydrogens is 899 g/mol. The van der Waals surface area contributed by atoms with E-state index in [1.54, 1.807) is 0 Å². The summed E-state index contributed by atoms with van der Waals surface area (Å²) in [5.41, 5.74) is 18.3. The molecule has 0 amide bonds. The number of hydrogen-bond acceptors (Lipinski definition) is 3. The van der Waals surface area contributed by atoms with Crippen molar-refractivity contribution in [2.75, 3.05) is 0 Å². The Bertz CT molecular complexity index is 4370. The van der Waals surface area contributed by atoms with Crippen molar-refractivity contribution in [2.24, 2.45) is 0 Å². The molecule has 5 nitrogen and oxygen atoms in total. The first-order chi connectivity index (χ1) is 36.7. The Morgan fingerprint density at radius 2 is 0.608 bits per heavy atom. The number of nitrogens with zero attached hydrogens (tertiary/aromatic N) is 5. The highest BCUT2D eigenvalue weighted by molar-refractivity contribution is 6.33. The second-order valence-corrected chi connectivity index (χ2v) is 18.7. The van der Waals surface area contributed by atoms with E-state index in [1.165, 1.54) is 5.56 Å². The first-order valence-corrected chi connectivity index (χ1v) is 25.1. The van der Waals surface area contributed by atoms with Crippen molar-refractivity contribution in [3.63, 3.8) is 0 Å². The van der Waals surface area contributed by atoms with Crippen LogP contribution in [0.3, 0.4) is 0 Å². The first-order valence-electron chi connectivity index (χ1n) is 25.1. The summed E-state index contributed by atoms with van der Waals surface area (Å²) in [5.74, 6) is 1.69. The summed E-state index contributed by atoms with van der Waals surface area (Å²) in [5, 5.41) is 4.50. The van der Waals surface area contributed by atoms with Gasteiger partial charge in [-0.15, -0.1) is 0 Å². The van der Waals surface area contributed by atoms with E-state index in [0.29, 0.717) is 17.6 Å².